The molecule has 5 nitrogen and oxygen atoms in total. The maximum atomic E-state index is 12.2. The molecule has 0 fully saturated rings. The van der Waals surface area contributed by atoms with Gasteiger partial charge in [0.2, 0.25) is 0 Å². The zero-order valence-corrected chi connectivity index (χ0v) is 12.4. The first-order chi connectivity index (χ1) is 10.3. The van der Waals surface area contributed by atoms with E-state index in [1.165, 1.54) is 10.4 Å². The standard InChI is InChI=1S/C15H16N4OS/c20-15-18-6-2-1-3-14(18)16-19(15)9-8-17-7-4-13-12(11-17)5-10-21-13/h1-3,5-6,10H,4,7-9,11H2. The molecule has 0 bridgehead atoms. The first-order valence-corrected chi connectivity index (χ1v) is 8.01. The number of nitrogens with zero attached hydrogens (tertiary/aromatic N) is 4. The monoisotopic (exact) mass is 300 g/mol. The Balaban J connectivity index is 1.49. The van der Waals surface area contributed by atoms with Crippen molar-refractivity contribution in [3.8, 4) is 0 Å². The topological polar surface area (TPSA) is 42.5 Å². The van der Waals surface area contributed by atoms with Crippen molar-refractivity contribution in [2.75, 3.05) is 13.1 Å². The van der Waals surface area contributed by atoms with Crippen LogP contribution in [0.4, 0.5) is 0 Å². The minimum atomic E-state index is -0.0566. The molecule has 1 aliphatic rings. The lowest BCUT2D eigenvalue weighted by molar-refractivity contribution is 0.241. The predicted octanol–water partition coefficient (Wildman–Crippen LogP) is 1.62. The molecular formula is C15H16N4OS. The van der Waals surface area contributed by atoms with E-state index in [2.05, 4.69) is 21.4 Å². The third kappa shape index (κ3) is 2.30. The summed E-state index contributed by atoms with van der Waals surface area (Å²) < 4.78 is 3.16. The first-order valence-electron chi connectivity index (χ1n) is 7.13. The van der Waals surface area contributed by atoms with Gasteiger partial charge in [0.05, 0.1) is 6.54 Å². The molecule has 0 atom stereocenters. The van der Waals surface area contributed by atoms with Gasteiger partial charge in [-0.2, -0.15) is 0 Å². The van der Waals surface area contributed by atoms with E-state index < -0.39 is 0 Å². The maximum Gasteiger partial charge on any atom is 0.350 e. The fourth-order valence-corrected chi connectivity index (χ4v) is 3.74. The fourth-order valence-electron chi connectivity index (χ4n) is 2.85. The smallest absolute Gasteiger partial charge is 0.297 e. The lowest BCUT2D eigenvalue weighted by Crippen LogP contribution is -2.34. The Bertz CT molecular complexity index is 831. The van der Waals surface area contributed by atoms with Gasteiger partial charge in [-0.1, -0.05) is 6.07 Å². The van der Waals surface area contributed by atoms with Gasteiger partial charge in [-0.05, 0) is 35.6 Å². The third-order valence-corrected chi connectivity index (χ3v) is 5.03. The summed E-state index contributed by atoms with van der Waals surface area (Å²) in [5.74, 6) is 0. The predicted molar refractivity (Wildman–Crippen MR) is 82.8 cm³/mol. The van der Waals surface area contributed by atoms with E-state index >= 15 is 0 Å². The van der Waals surface area contributed by atoms with Crippen molar-refractivity contribution in [2.24, 2.45) is 0 Å². The molecule has 6 heteroatoms. The Morgan fingerprint density at radius 3 is 3.10 bits per heavy atom. The van der Waals surface area contributed by atoms with Crippen molar-refractivity contribution in [3.05, 3.63) is 56.8 Å². The largest absolute Gasteiger partial charge is 0.350 e. The molecule has 0 aromatic carbocycles. The number of thiophene rings is 1. The molecule has 0 unspecified atom stereocenters. The minimum Gasteiger partial charge on any atom is -0.297 e. The number of hydrogen-bond acceptors (Lipinski definition) is 4. The van der Waals surface area contributed by atoms with Crippen molar-refractivity contribution < 1.29 is 0 Å². The SMILES string of the molecule is O=c1n(CCN2CCc3sccc3C2)nc2ccccn12. The van der Waals surface area contributed by atoms with E-state index in [1.54, 1.807) is 15.3 Å². The van der Waals surface area contributed by atoms with Crippen molar-refractivity contribution in [2.45, 2.75) is 19.5 Å². The molecule has 108 valence electrons. The molecule has 4 heterocycles. The summed E-state index contributed by atoms with van der Waals surface area (Å²) >= 11 is 1.85. The molecule has 0 radical (unpaired) electrons. The quantitative estimate of drug-likeness (QED) is 0.738. The maximum absolute atomic E-state index is 12.2. The van der Waals surface area contributed by atoms with E-state index in [9.17, 15) is 4.79 Å². The van der Waals surface area contributed by atoms with Crippen LogP contribution in [0.5, 0.6) is 0 Å². The van der Waals surface area contributed by atoms with Crippen molar-refractivity contribution in [1.29, 1.82) is 0 Å². The van der Waals surface area contributed by atoms with Gasteiger partial charge in [-0.15, -0.1) is 16.4 Å². The van der Waals surface area contributed by atoms with Crippen molar-refractivity contribution >= 4 is 17.0 Å². The second kappa shape index (κ2) is 5.13. The highest BCUT2D eigenvalue weighted by atomic mass is 32.1. The molecule has 3 aromatic heterocycles. The van der Waals surface area contributed by atoms with E-state index in [0.29, 0.717) is 12.2 Å². The highest BCUT2D eigenvalue weighted by molar-refractivity contribution is 7.10. The lowest BCUT2D eigenvalue weighted by atomic mass is 10.1. The average molecular weight is 300 g/mol. The zero-order chi connectivity index (χ0) is 14.2. The number of rotatable bonds is 3. The van der Waals surface area contributed by atoms with Crippen LogP contribution >= 0.6 is 11.3 Å². The Hall–Kier alpha value is -1.92. The van der Waals surface area contributed by atoms with Gasteiger partial charge in [-0.3, -0.25) is 9.30 Å². The normalized spacial score (nSPS) is 15.4. The minimum absolute atomic E-state index is 0.0566. The van der Waals surface area contributed by atoms with Gasteiger partial charge in [0.15, 0.2) is 5.65 Å². The average Bonchev–Trinajstić information content (AvgIpc) is 3.10. The number of fused-ring (bicyclic) bond motifs is 2. The summed E-state index contributed by atoms with van der Waals surface area (Å²) in [6, 6.07) is 7.82. The lowest BCUT2D eigenvalue weighted by Gasteiger charge is -2.26. The summed E-state index contributed by atoms with van der Waals surface area (Å²) in [5.41, 5.74) is 2.09. The molecule has 21 heavy (non-hydrogen) atoms. The Morgan fingerprint density at radius 2 is 2.19 bits per heavy atom. The zero-order valence-electron chi connectivity index (χ0n) is 11.6. The van der Waals surface area contributed by atoms with Gasteiger partial charge in [-0.25, -0.2) is 9.48 Å². The van der Waals surface area contributed by atoms with Gasteiger partial charge in [0, 0.05) is 30.7 Å². The molecule has 3 aromatic rings. The first kappa shape index (κ1) is 12.8. The highest BCUT2D eigenvalue weighted by Crippen LogP contribution is 2.23. The van der Waals surface area contributed by atoms with Crippen LogP contribution in [0.2, 0.25) is 0 Å². The summed E-state index contributed by atoms with van der Waals surface area (Å²) in [6.07, 6.45) is 2.88. The van der Waals surface area contributed by atoms with Crippen LogP contribution < -0.4 is 5.69 Å². The van der Waals surface area contributed by atoms with Crippen LogP contribution in [0, 0.1) is 0 Å². The van der Waals surface area contributed by atoms with Crippen LogP contribution in [0.15, 0.2) is 40.6 Å². The second-order valence-electron chi connectivity index (χ2n) is 5.33. The van der Waals surface area contributed by atoms with E-state index in [4.69, 9.17) is 0 Å². The molecule has 4 rings (SSSR count). The molecule has 0 saturated heterocycles. The summed E-state index contributed by atoms with van der Waals surface area (Å²) in [4.78, 5) is 16.1. The Morgan fingerprint density at radius 1 is 1.24 bits per heavy atom. The number of pyridine rings is 1. The van der Waals surface area contributed by atoms with Crippen LogP contribution in [0.25, 0.3) is 5.65 Å². The molecule has 0 spiro atoms. The number of aromatic nitrogens is 3. The fraction of sp³-hybridized carbons (Fsp3) is 0.333. The van der Waals surface area contributed by atoms with E-state index in [0.717, 1.165) is 26.1 Å². The molecule has 0 saturated carbocycles. The second-order valence-corrected chi connectivity index (χ2v) is 6.33. The summed E-state index contributed by atoms with van der Waals surface area (Å²) in [6.45, 7) is 3.55. The van der Waals surface area contributed by atoms with Crippen LogP contribution in [0.3, 0.4) is 0 Å². The Kier molecular flexibility index (Phi) is 3.12. The molecular weight excluding hydrogens is 284 g/mol. The van der Waals surface area contributed by atoms with Gasteiger partial charge >= 0.3 is 5.69 Å². The van der Waals surface area contributed by atoms with E-state index in [1.807, 2.05) is 29.5 Å². The third-order valence-electron chi connectivity index (χ3n) is 4.00. The van der Waals surface area contributed by atoms with Gasteiger partial charge in [0.1, 0.15) is 0 Å². The van der Waals surface area contributed by atoms with E-state index in [-0.39, 0.29) is 5.69 Å². The summed E-state index contributed by atoms with van der Waals surface area (Å²) in [7, 11) is 0. The van der Waals surface area contributed by atoms with Crippen molar-refractivity contribution in [3.63, 3.8) is 0 Å². The molecule has 0 aliphatic carbocycles. The number of hydrogen-bond donors (Lipinski definition) is 0. The summed E-state index contributed by atoms with van der Waals surface area (Å²) in [5, 5.41) is 6.54. The van der Waals surface area contributed by atoms with Gasteiger partial charge in [0.25, 0.3) is 0 Å². The van der Waals surface area contributed by atoms with Crippen LogP contribution in [-0.4, -0.2) is 32.2 Å². The van der Waals surface area contributed by atoms with Crippen LogP contribution in [0.1, 0.15) is 10.4 Å². The van der Waals surface area contributed by atoms with Crippen molar-refractivity contribution in [1.82, 2.24) is 19.1 Å². The molecule has 1 aliphatic heterocycles. The Labute approximate surface area is 126 Å². The molecule has 0 amide bonds. The highest BCUT2D eigenvalue weighted by Gasteiger charge is 2.17. The van der Waals surface area contributed by atoms with Gasteiger partial charge < -0.3 is 0 Å². The molecule has 0 N–H and O–H groups in total. The van der Waals surface area contributed by atoms with Crippen LogP contribution in [-0.2, 0) is 19.5 Å².